The molecule has 3 aromatic rings. The van der Waals surface area contributed by atoms with Crippen molar-refractivity contribution in [2.75, 3.05) is 24.3 Å². The highest BCUT2D eigenvalue weighted by Crippen LogP contribution is 2.21. The lowest BCUT2D eigenvalue weighted by molar-refractivity contribution is -0.117. The van der Waals surface area contributed by atoms with E-state index in [9.17, 15) is 9.59 Å². The molecule has 0 saturated heterocycles. The van der Waals surface area contributed by atoms with E-state index >= 15 is 0 Å². The number of halogens is 1. The summed E-state index contributed by atoms with van der Waals surface area (Å²) in [7, 11) is 3.71. The van der Waals surface area contributed by atoms with Crippen LogP contribution in [0.3, 0.4) is 0 Å². The molecular formula is C19H19BrN4O2. The molecule has 0 atom stereocenters. The normalized spacial score (nSPS) is 10.8. The molecule has 1 N–H and O–H groups in total. The average molecular weight is 415 g/mol. The van der Waals surface area contributed by atoms with E-state index in [0.29, 0.717) is 16.9 Å². The van der Waals surface area contributed by atoms with E-state index in [4.69, 9.17) is 0 Å². The van der Waals surface area contributed by atoms with Gasteiger partial charge in [-0.15, -0.1) is 0 Å². The van der Waals surface area contributed by atoms with Gasteiger partial charge in [0, 0.05) is 29.6 Å². The number of amides is 1. The van der Waals surface area contributed by atoms with Crippen molar-refractivity contribution >= 4 is 44.1 Å². The second kappa shape index (κ2) is 7.29. The van der Waals surface area contributed by atoms with Gasteiger partial charge in [-0.25, -0.2) is 4.68 Å². The zero-order chi connectivity index (χ0) is 18.8. The van der Waals surface area contributed by atoms with Gasteiger partial charge >= 0.3 is 0 Å². The molecule has 0 aliphatic carbocycles. The van der Waals surface area contributed by atoms with E-state index in [1.807, 2.05) is 50.2 Å². The third kappa shape index (κ3) is 3.62. The van der Waals surface area contributed by atoms with Gasteiger partial charge in [-0.3, -0.25) is 9.59 Å². The summed E-state index contributed by atoms with van der Waals surface area (Å²) < 4.78 is 2.18. The molecule has 0 aliphatic heterocycles. The summed E-state index contributed by atoms with van der Waals surface area (Å²) in [6, 6.07) is 12.8. The second-order valence-electron chi connectivity index (χ2n) is 6.24. The molecule has 26 heavy (non-hydrogen) atoms. The van der Waals surface area contributed by atoms with E-state index in [-0.39, 0.29) is 18.0 Å². The first-order valence-electron chi connectivity index (χ1n) is 8.10. The minimum absolute atomic E-state index is 0.153. The van der Waals surface area contributed by atoms with Crippen LogP contribution in [0.5, 0.6) is 0 Å². The zero-order valence-electron chi connectivity index (χ0n) is 14.8. The van der Waals surface area contributed by atoms with Crippen LogP contribution >= 0.6 is 15.9 Å². The molecular weight excluding hydrogens is 396 g/mol. The molecule has 3 rings (SSSR count). The van der Waals surface area contributed by atoms with Crippen molar-refractivity contribution in [3.8, 4) is 0 Å². The Balaban J connectivity index is 1.92. The predicted molar refractivity (Wildman–Crippen MR) is 108 cm³/mol. The molecule has 7 heteroatoms. The van der Waals surface area contributed by atoms with Crippen LogP contribution in [-0.2, 0) is 11.3 Å². The fourth-order valence-electron chi connectivity index (χ4n) is 2.71. The predicted octanol–water partition coefficient (Wildman–Crippen LogP) is 3.17. The summed E-state index contributed by atoms with van der Waals surface area (Å²) in [5, 5.41) is 8.49. The Morgan fingerprint density at radius 2 is 1.88 bits per heavy atom. The molecule has 134 valence electrons. The maximum atomic E-state index is 12.7. The molecule has 0 fully saturated rings. The van der Waals surface area contributed by atoms with Crippen LogP contribution in [0.25, 0.3) is 10.8 Å². The highest BCUT2D eigenvalue weighted by Gasteiger charge is 2.14. The Morgan fingerprint density at radius 3 is 2.54 bits per heavy atom. The van der Waals surface area contributed by atoms with Gasteiger partial charge in [0.25, 0.3) is 5.56 Å². The van der Waals surface area contributed by atoms with Gasteiger partial charge in [-0.05, 0) is 36.8 Å². The van der Waals surface area contributed by atoms with Crippen LogP contribution in [0, 0.1) is 6.92 Å². The van der Waals surface area contributed by atoms with Crippen LogP contribution in [0.2, 0.25) is 0 Å². The van der Waals surface area contributed by atoms with Gasteiger partial charge in [0.15, 0.2) is 5.82 Å². The first-order chi connectivity index (χ1) is 12.4. The third-order valence-electron chi connectivity index (χ3n) is 4.01. The van der Waals surface area contributed by atoms with Gasteiger partial charge in [-0.1, -0.05) is 34.1 Å². The number of rotatable bonds is 4. The molecule has 6 nitrogen and oxygen atoms in total. The summed E-state index contributed by atoms with van der Waals surface area (Å²) in [5.74, 6) is 0.341. The quantitative estimate of drug-likeness (QED) is 0.711. The largest absolute Gasteiger partial charge is 0.361 e. The van der Waals surface area contributed by atoms with Crippen molar-refractivity contribution in [3.05, 3.63) is 62.9 Å². The van der Waals surface area contributed by atoms with Crippen LogP contribution in [0.15, 0.2) is 51.7 Å². The Kier molecular flexibility index (Phi) is 5.08. The fraction of sp³-hybridized carbons (Fsp3) is 0.211. The Hall–Kier alpha value is -2.67. The fourth-order valence-corrected chi connectivity index (χ4v) is 2.96. The van der Waals surface area contributed by atoms with Gasteiger partial charge in [-0.2, -0.15) is 5.10 Å². The van der Waals surface area contributed by atoms with E-state index in [0.717, 1.165) is 15.4 Å². The monoisotopic (exact) mass is 414 g/mol. The van der Waals surface area contributed by atoms with Crippen LogP contribution in [-0.4, -0.2) is 29.8 Å². The highest BCUT2D eigenvalue weighted by molar-refractivity contribution is 9.10. The summed E-state index contributed by atoms with van der Waals surface area (Å²) in [6.07, 6.45) is 0. The van der Waals surface area contributed by atoms with Crippen LogP contribution < -0.4 is 15.8 Å². The standard InChI is InChI=1S/C19H19BrN4O2/c1-12-10-13(8-9-16(12)20)21-17(25)11-24-19(26)15-7-5-4-6-14(15)18(22-24)23(2)3/h4-10H,11H2,1-3H3,(H,21,25). The maximum absolute atomic E-state index is 12.7. The molecule has 0 bridgehead atoms. The summed E-state index contributed by atoms with van der Waals surface area (Å²) in [5.41, 5.74) is 1.41. The molecule has 1 amide bonds. The van der Waals surface area contributed by atoms with E-state index < -0.39 is 0 Å². The lowest BCUT2D eigenvalue weighted by Gasteiger charge is -2.16. The van der Waals surface area contributed by atoms with Crippen LogP contribution in [0.1, 0.15) is 5.56 Å². The third-order valence-corrected chi connectivity index (χ3v) is 4.90. The van der Waals surface area contributed by atoms with Gasteiger partial charge in [0.05, 0.1) is 5.39 Å². The smallest absolute Gasteiger partial charge is 0.275 e. The summed E-state index contributed by atoms with van der Waals surface area (Å²) >= 11 is 3.43. The van der Waals surface area contributed by atoms with Crippen molar-refractivity contribution in [2.24, 2.45) is 0 Å². The van der Waals surface area contributed by atoms with Crippen molar-refractivity contribution in [1.82, 2.24) is 9.78 Å². The molecule has 2 aromatic carbocycles. The summed E-state index contributed by atoms with van der Waals surface area (Å²) in [6.45, 7) is 1.79. The van der Waals surface area contributed by atoms with Crippen LogP contribution in [0.4, 0.5) is 11.5 Å². The number of fused-ring (bicyclic) bond motifs is 1. The second-order valence-corrected chi connectivity index (χ2v) is 7.09. The minimum Gasteiger partial charge on any atom is -0.361 e. The maximum Gasteiger partial charge on any atom is 0.275 e. The number of aromatic nitrogens is 2. The molecule has 1 heterocycles. The molecule has 0 unspecified atom stereocenters. The topological polar surface area (TPSA) is 67.2 Å². The molecule has 0 radical (unpaired) electrons. The van der Waals surface area contributed by atoms with Crippen molar-refractivity contribution in [3.63, 3.8) is 0 Å². The number of hydrogen-bond acceptors (Lipinski definition) is 4. The van der Waals surface area contributed by atoms with Gasteiger partial charge in [0.2, 0.25) is 5.91 Å². The number of nitrogens with one attached hydrogen (secondary N) is 1. The molecule has 0 aliphatic rings. The number of nitrogens with zero attached hydrogens (tertiary/aromatic N) is 3. The molecule has 1 aromatic heterocycles. The number of aryl methyl sites for hydroxylation is 1. The Morgan fingerprint density at radius 1 is 1.19 bits per heavy atom. The van der Waals surface area contributed by atoms with E-state index in [2.05, 4.69) is 26.3 Å². The Labute approximate surface area is 159 Å². The summed E-state index contributed by atoms with van der Waals surface area (Å²) in [4.78, 5) is 26.9. The Bertz CT molecular complexity index is 1040. The van der Waals surface area contributed by atoms with Gasteiger partial charge < -0.3 is 10.2 Å². The minimum atomic E-state index is -0.304. The number of carbonyl (C=O) groups excluding carboxylic acids is 1. The number of carbonyl (C=O) groups is 1. The van der Waals surface area contributed by atoms with E-state index in [1.165, 1.54) is 4.68 Å². The first-order valence-corrected chi connectivity index (χ1v) is 8.89. The lowest BCUT2D eigenvalue weighted by atomic mass is 10.2. The van der Waals surface area contributed by atoms with Crippen molar-refractivity contribution in [1.29, 1.82) is 0 Å². The highest BCUT2D eigenvalue weighted by atomic mass is 79.9. The SMILES string of the molecule is Cc1cc(NC(=O)Cn2nc(N(C)C)c3ccccc3c2=O)ccc1Br. The van der Waals surface area contributed by atoms with E-state index in [1.54, 1.807) is 18.2 Å². The van der Waals surface area contributed by atoms with Crippen molar-refractivity contribution < 1.29 is 4.79 Å². The first kappa shape index (κ1) is 18.1. The average Bonchev–Trinajstić information content (AvgIpc) is 2.60. The lowest BCUT2D eigenvalue weighted by Crippen LogP contribution is -2.31. The number of anilines is 2. The number of benzene rings is 2. The van der Waals surface area contributed by atoms with Gasteiger partial charge in [0.1, 0.15) is 6.54 Å². The molecule has 0 spiro atoms. The zero-order valence-corrected chi connectivity index (χ0v) is 16.4. The molecule has 0 saturated carbocycles. The van der Waals surface area contributed by atoms with Crippen molar-refractivity contribution in [2.45, 2.75) is 13.5 Å². The number of hydrogen-bond donors (Lipinski definition) is 1.